The van der Waals surface area contributed by atoms with E-state index >= 15 is 0 Å². The van der Waals surface area contributed by atoms with Crippen LogP contribution in [0.1, 0.15) is 32.9 Å². The topological polar surface area (TPSA) is 69.5 Å². The van der Waals surface area contributed by atoms with E-state index < -0.39 is 0 Å². The Bertz CT molecular complexity index is 1030. The molecule has 1 aromatic carbocycles. The van der Waals surface area contributed by atoms with E-state index in [0.717, 1.165) is 22.8 Å². The Kier molecular flexibility index (Phi) is 6.36. The average molecular weight is 447 g/mol. The molecule has 0 N–H and O–H groups in total. The van der Waals surface area contributed by atoms with E-state index in [9.17, 15) is 4.79 Å². The number of morpholine rings is 1. The highest BCUT2D eigenvalue weighted by atomic mass is 35.5. The quantitative estimate of drug-likeness (QED) is 0.577. The maximum atomic E-state index is 12.8. The molecular formula is C21H23ClN4O3S. The van der Waals surface area contributed by atoms with Gasteiger partial charge in [-0.05, 0) is 31.2 Å². The maximum absolute atomic E-state index is 12.8. The van der Waals surface area contributed by atoms with Crippen molar-refractivity contribution in [1.82, 2.24) is 19.7 Å². The number of benzene rings is 1. The lowest BCUT2D eigenvalue weighted by atomic mass is 10.1. The summed E-state index contributed by atoms with van der Waals surface area (Å²) in [7, 11) is 1.91. The van der Waals surface area contributed by atoms with Gasteiger partial charge in [-0.25, -0.2) is 4.98 Å². The maximum Gasteiger partial charge on any atom is 0.266 e. The second-order valence-electron chi connectivity index (χ2n) is 7.12. The Morgan fingerprint density at radius 1 is 1.40 bits per heavy atom. The molecule has 3 aromatic rings. The van der Waals surface area contributed by atoms with E-state index in [4.69, 9.17) is 21.1 Å². The molecule has 0 aliphatic carbocycles. The molecule has 7 nitrogen and oxygen atoms in total. The number of rotatable bonds is 6. The zero-order valence-corrected chi connectivity index (χ0v) is 18.4. The van der Waals surface area contributed by atoms with Gasteiger partial charge in [-0.15, -0.1) is 11.3 Å². The van der Waals surface area contributed by atoms with Gasteiger partial charge in [0.2, 0.25) is 0 Å². The summed E-state index contributed by atoms with van der Waals surface area (Å²) in [6.45, 7) is 3.90. The standard InChI is InChI=1S/C21H23ClN4O3S/c1-14-20(30-13-23-14)21(27)26-7-9-29-19(12-26)18-11-16(25(2)24-18)6-8-28-17-5-3-4-15(22)10-17/h3-5,10-11,13,19H,6-9,12H2,1-2H3/t19-/m0/s1. The number of nitrogens with zero attached hydrogens (tertiary/aromatic N) is 4. The van der Waals surface area contributed by atoms with Crippen LogP contribution in [0.4, 0.5) is 0 Å². The number of aromatic nitrogens is 3. The lowest BCUT2D eigenvalue weighted by Gasteiger charge is -2.32. The van der Waals surface area contributed by atoms with Crippen molar-refractivity contribution in [3.05, 3.63) is 62.8 Å². The van der Waals surface area contributed by atoms with Crippen LogP contribution in [-0.2, 0) is 18.2 Å². The van der Waals surface area contributed by atoms with E-state index in [1.54, 1.807) is 11.6 Å². The van der Waals surface area contributed by atoms with Gasteiger partial charge in [0.1, 0.15) is 16.7 Å². The molecule has 9 heteroatoms. The minimum atomic E-state index is -0.246. The first-order valence-electron chi connectivity index (χ1n) is 9.73. The molecule has 1 amide bonds. The second kappa shape index (κ2) is 9.16. The van der Waals surface area contributed by atoms with Crippen molar-refractivity contribution < 1.29 is 14.3 Å². The van der Waals surface area contributed by atoms with Gasteiger partial charge >= 0.3 is 0 Å². The number of carbonyl (C=O) groups excluding carboxylic acids is 1. The molecule has 1 aliphatic rings. The summed E-state index contributed by atoms with van der Waals surface area (Å²) in [5.74, 6) is 0.752. The first-order valence-corrected chi connectivity index (χ1v) is 11.0. The van der Waals surface area contributed by atoms with Gasteiger partial charge in [0.05, 0.1) is 36.7 Å². The van der Waals surface area contributed by atoms with Crippen LogP contribution < -0.4 is 4.74 Å². The molecule has 0 unspecified atom stereocenters. The number of carbonyl (C=O) groups is 1. The number of hydrogen-bond acceptors (Lipinski definition) is 6. The predicted molar refractivity (Wildman–Crippen MR) is 115 cm³/mol. The lowest BCUT2D eigenvalue weighted by molar-refractivity contribution is -0.0248. The summed E-state index contributed by atoms with van der Waals surface area (Å²) in [4.78, 5) is 19.5. The first-order chi connectivity index (χ1) is 14.5. The zero-order chi connectivity index (χ0) is 21.1. The molecule has 0 radical (unpaired) electrons. The number of thiazole rings is 1. The van der Waals surface area contributed by atoms with Crippen molar-refractivity contribution in [1.29, 1.82) is 0 Å². The fourth-order valence-electron chi connectivity index (χ4n) is 3.42. The van der Waals surface area contributed by atoms with Gasteiger partial charge in [-0.1, -0.05) is 17.7 Å². The number of halogens is 1. The average Bonchev–Trinajstić information content (AvgIpc) is 3.33. The summed E-state index contributed by atoms with van der Waals surface area (Å²) in [6.07, 6.45) is 0.454. The third-order valence-electron chi connectivity index (χ3n) is 5.04. The molecule has 1 aliphatic heterocycles. The van der Waals surface area contributed by atoms with Crippen LogP contribution in [0, 0.1) is 6.92 Å². The Labute approximate surface area is 184 Å². The molecule has 2 aromatic heterocycles. The smallest absolute Gasteiger partial charge is 0.266 e. The van der Waals surface area contributed by atoms with Crippen LogP contribution in [0.2, 0.25) is 5.02 Å². The molecule has 158 valence electrons. The molecule has 3 heterocycles. The second-order valence-corrected chi connectivity index (χ2v) is 8.41. The Morgan fingerprint density at radius 3 is 3.03 bits per heavy atom. The van der Waals surface area contributed by atoms with E-state index in [1.165, 1.54) is 11.3 Å². The third-order valence-corrected chi connectivity index (χ3v) is 6.19. The minimum absolute atomic E-state index is 0.00868. The fourth-order valence-corrected chi connectivity index (χ4v) is 4.37. The predicted octanol–water partition coefficient (Wildman–Crippen LogP) is 3.67. The number of ether oxygens (including phenoxy) is 2. The highest BCUT2D eigenvalue weighted by molar-refractivity contribution is 7.11. The fraction of sp³-hybridized carbons (Fsp3) is 0.381. The molecule has 30 heavy (non-hydrogen) atoms. The molecular weight excluding hydrogens is 424 g/mol. The van der Waals surface area contributed by atoms with Crippen molar-refractivity contribution in [2.75, 3.05) is 26.3 Å². The van der Waals surface area contributed by atoms with Crippen molar-refractivity contribution in [3.63, 3.8) is 0 Å². The molecule has 1 saturated heterocycles. The molecule has 0 bridgehead atoms. The van der Waals surface area contributed by atoms with E-state index in [2.05, 4.69) is 10.1 Å². The minimum Gasteiger partial charge on any atom is -0.493 e. The lowest BCUT2D eigenvalue weighted by Crippen LogP contribution is -2.42. The van der Waals surface area contributed by atoms with Crippen LogP contribution in [0.3, 0.4) is 0 Å². The van der Waals surface area contributed by atoms with Crippen LogP contribution in [0.15, 0.2) is 35.8 Å². The molecule has 0 saturated carbocycles. The normalized spacial score (nSPS) is 16.6. The number of amides is 1. The third kappa shape index (κ3) is 4.66. The van der Waals surface area contributed by atoms with Gasteiger partial charge in [0, 0.05) is 30.7 Å². The van der Waals surface area contributed by atoms with E-state index in [-0.39, 0.29) is 12.0 Å². The van der Waals surface area contributed by atoms with Crippen LogP contribution in [0.5, 0.6) is 5.75 Å². The number of aryl methyl sites for hydroxylation is 2. The first kappa shape index (κ1) is 20.8. The van der Waals surface area contributed by atoms with Crippen LogP contribution in [0.25, 0.3) is 0 Å². The molecule has 1 atom stereocenters. The number of hydrogen-bond donors (Lipinski definition) is 0. The largest absolute Gasteiger partial charge is 0.493 e. The van der Waals surface area contributed by atoms with Crippen LogP contribution >= 0.6 is 22.9 Å². The summed E-state index contributed by atoms with van der Waals surface area (Å²) in [5.41, 5.74) is 4.34. The van der Waals surface area contributed by atoms with Crippen LogP contribution in [-0.4, -0.2) is 51.9 Å². The van der Waals surface area contributed by atoms with Crippen molar-refractivity contribution >= 4 is 28.8 Å². The zero-order valence-electron chi connectivity index (χ0n) is 16.9. The van der Waals surface area contributed by atoms with Gasteiger partial charge < -0.3 is 14.4 Å². The van der Waals surface area contributed by atoms with Crippen molar-refractivity contribution in [2.45, 2.75) is 19.4 Å². The summed E-state index contributed by atoms with van der Waals surface area (Å²) < 4.78 is 13.5. The summed E-state index contributed by atoms with van der Waals surface area (Å²) >= 11 is 7.37. The molecule has 0 spiro atoms. The SMILES string of the molecule is Cc1ncsc1C(=O)N1CCO[C@H](c2cc(CCOc3cccc(Cl)c3)n(C)n2)C1. The van der Waals surface area contributed by atoms with Gasteiger partial charge in [-0.2, -0.15) is 5.10 Å². The van der Waals surface area contributed by atoms with Gasteiger partial charge in [-0.3, -0.25) is 9.48 Å². The Morgan fingerprint density at radius 2 is 2.27 bits per heavy atom. The summed E-state index contributed by atoms with van der Waals surface area (Å²) in [5, 5.41) is 5.27. The van der Waals surface area contributed by atoms with Gasteiger partial charge in [0.15, 0.2) is 0 Å². The van der Waals surface area contributed by atoms with E-state index in [1.807, 2.05) is 47.8 Å². The highest BCUT2D eigenvalue weighted by Gasteiger charge is 2.29. The Balaban J connectivity index is 1.38. The van der Waals surface area contributed by atoms with E-state index in [0.29, 0.717) is 42.6 Å². The summed E-state index contributed by atoms with van der Waals surface area (Å²) in [6, 6.07) is 9.38. The monoisotopic (exact) mass is 446 g/mol. The molecule has 4 rings (SSSR count). The van der Waals surface area contributed by atoms with Crippen molar-refractivity contribution in [2.24, 2.45) is 7.05 Å². The molecule has 1 fully saturated rings. The highest BCUT2D eigenvalue weighted by Crippen LogP contribution is 2.25. The van der Waals surface area contributed by atoms with Crippen molar-refractivity contribution in [3.8, 4) is 5.75 Å². The van der Waals surface area contributed by atoms with Gasteiger partial charge in [0.25, 0.3) is 5.91 Å². The Hall–Kier alpha value is -2.42.